The molecule has 2 N–H and O–H groups in total. The highest BCUT2D eigenvalue weighted by Gasteiger charge is 2.25. The highest BCUT2D eigenvalue weighted by molar-refractivity contribution is 6.35. The van der Waals surface area contributed by atoms with Crippen LogP contribution in [0.2, 0.25) is 0 Å². The van der Waals surface area contributed by atoms with Crippen molar-refractivity contribution in [1.82, 2.24) is 0 Å². The lowest BCUT2D eigenvalue weighted by Crippen LogP contribution is -2.03. The first-order valence-corrected chi connectivity index (χ1v) is 7.23. The molecule has 0 radical (unpaired) electrons. The van der Waals surface area contributed by atoms with Crippen molar-refractivity contribution < 1.29 is 24.1 Å². The number of carbonyl (C=O) groups is 1. The summed E-state index contributed by atoms with van der Waals surface area (Å²) in [7, 11) is 4.59. The van der Waals surface area contributed by atoms with Crippen molar-refractivity contribution in [2.45, 2.75) is 0 Å². The summed E-state index contributed by atoms with van der Waals surface area (Å²) in [6.07, 6.45) is 1.71. The SMILES string of the molecule is COc1cc(/C=C2/C(=O)Nc3ccc(O)cc32)cc(OC)c1OC. The van der Waals surface area contributed by atoms with Crippen LogP contribution in [0.25, 0.3) is 11.6 Å². The van der Waals surface area contributed by atoms with Gasteiger partial charge in [0.25, 0.3) is 5.91 Å². The Kier molecular flexibility index (Phi) is 4.04. The van der Waals surface area contributed by atoms with E-state index >= 15 is 0 Å². The Morgan fingerprint density at radius 1 is 1.00 bits per heavy atom. The number of ether oxygens (including phenoxy) is 3. The lowest BCUT2D eigenvalue weighted by molar-refractivity contribution is -0.110. The minimum Gasteiger partial charge on any atom is -0.508 e. The van der Waals surface area contributed by atoms with Gasteiger partial charge in [-0.2, -0.15) is 0 Å². The lowest BCUT2D eigenvalue weighted by Gasteiger charge is -2.13. The first-order valence-electron chi connectivity index (χ1n) is 7.23. The second kappa shape index (κ2) is 6.16. The molecule has 1 aliphatic rings. The van der Waals surface area contributed by atoms with Gasteiger partial charge in [-0.25, -0.2) is 0 Å². The van der Waals surface area contributed by atoms with Gasteiger partial charge in [-0.05, 0) is 42.0 Å². The van der Waals surface area contributed by atoms with Crippen LogP contribution in [-0.4, -0.2) is 32.3 Å². The van der Waals surface area contributed by atoms with E-state index in [1.165, 1.54) is 27.4 Å². The minimum atomic E-state index is -0.232. The van der Waals surface area contributed by atoms with Gasteiger partial charge in [0.15, 0.2) is 11.5 Å². The average molecular weight is 327 g/mol. The van der Waals surface area contributed by atoms with Crippen LogP contribution >= 0.6 is 0 Å². The fourth-order valence-electron chi connectivity index (χ4n) is 2.67. The van der Waals surface area contributed by atoms with Crippen LogP contribution in [0.15, 0.2) is 30.3 Å². The largest absolute Gasteiger partial charge is 0.508 e. The molecule has 0 spiro atoms. The summed E-state index contributed by atoms with van der Waals surface area (Å²) in [5, 5.41) is 12.4. The molecule has 1 aliphatic heterocycles. The third-order valence-corrected chi connectivity index (χ3v) is 3.78. The summed E-state index contributed by atoms with van der Waals surface area (Å²) in [6, 6.07) is 8.25. The highest BCUT2D eigenvalue weighted by Crippen LogP contribution is 2.40. The van der Waals surface area contributed by atoms with E-state index < -0.39 is 0 Å². The van der Waals surface area contributed by atoms with E-state index in [1.807, 2.05) is 0 Å². The van der Waals surface area contributed by atoms with Gasteiger partial charge in [-0.15, -0.1) is 0 Å². The van der Waals surface area contributed by atoms with Crippen molar-refractivity contribution in [3.63, 3.8) is 0 Å². The highest BCUT2D eigenvalue weighted by atomic mass is 16.5. The normalized spacial score (nSPS) is 14.3. The summed E-state index contributed by atoms with van der Waals surface area (Å²) in [5.41, 5.74) is 2.48. The number of nitrogens with one attached hydrogen (secondary N) is 1. The number of hydrogen-bond donors (Lipinski definition) is 2. The zero-order valence-corrected chi connectivity index (χ0v) is 13.5. The van der Waals surface area contributed by atoms with Crippen molar-refractivity contribution in [2.24, 2.45) is 0 Å². The molecular weight excluding hydrogens is 310 g/mol. The van der Waals surface area contributed by atoms with E-state index in [2.05, 4.69) is 5.32 Å². The topological polar surface area (TPSA) is 77.0 Å². The molecule has 6 nitrogen and oxygen atoms in total. The molecule has 124 valence electrons. The molecule has 3 rings (SSSR count). The lowest BCUT2D eigenvalue weighted by atomic mass is 10.0. The number of carbonyl (C=O) groups excluding carboxylic acids is 1. The molecule has 0 unspecified atom stereocenters. The Balaban J connectivity index is 2.13. The van der Waals surface area contributed by atoms with Crippen LogP contribution in [0.5, 0.6) is 23.0 Å². The van der Waals surface area contributed by atoms with E-state index in [9.17, 15) is 9.90 Å². The molecule has 2 aromatic rings. The Morgan fingerprint density at radius 3 is 2.25 bits per heavy atom. The Labute approximate surface area is 139 Å². The Bertz CT molecular complexity index is 816. The number of amides is 1. The van der Waals surface area contributed by atoms with Gasteiger partial charge < -0.3 is 24.6 Å². The molecule has 0 aromatic heterocycles. The standard InChI is InChI=1S/C18H17NO5/c1-22-15-7-10(8-16(23-2)17(15)24-3)6-13-12-9-11(20)4-5-14(12)19-18(13)21/h4-9,20H,1-3H3,(H,19,21)/b13-6+. The first-order chi connectivity index (χ1) is 11.6. The second-order valence-electron chi connectivity index (χ2n) is 5.20. The predicted molar refractivity (Wildman–Crippen MR) is 90.7 cm³/mol. The fourth-order valence-corrected chi connectivity index (χ4v) is 2.67. The number of phenols is 1. The molecule has 0 saturated carbocycles. The molecule has 0 bridgehead atoms. The quantitative estimate of drug-likeness (QED) is 0.667. The maximum atomic E-state index is 12.2. The zero-order chi connectivity index (χ0) is 17.3. The number of fused-ring (bicyclic) bond motifs is 1. The number of aromatic hydroxyl groups is 1. The minimum absolute atomic E-state index is 0.0982. The van der Waals surface area contributed by atoms with E-state index in [0.717, 1.165) is 0 Å². The molecule has 24 heavy (non-hydrogen) atoms. The van der Waals surface area contributed by atoms with E-state index in [4.69, 9.17) is 14.2 Å². The van der Waals surface area contributed by atoms with Gasteiger partial charge in [-0.3, -0.25) is 4.79 Å². The molecule has 6 heteroatoms. The molecule has 0 fully saturated rings. The summed E-state index contributed by atoms with van der Waals surface area (Å²) in [6.45, 7) is 0. The van der Waals surface area contributed by atoms with E-state index in [-0.39, 0.29) is 11.7 Å². The van der Waals surface area contributed by atoms with E-state index in [1.54, 1.807) is 30.3 Å². The van der Waals surface area contributed by atoms with Gasteiger partial charge in [0.1, 0.15) is 5.75 Å². The van der Waals surface area contributed by atoms with Gasteiger partial charge in [0.2, 0.25) is 5.75 Å². The third-order valence-electron chi connectivity index (χ3n) is 3.78. The summed E-state index contributed by atoms with van der Waals surface area (Å²) in [5.74, 6) is 1.35. The molecule has 2 aromatic carbocycles. The summed E-state index contributed by atoms with van der Waals surface area (Å²) >= 11 is 0. The number of anilines is 1. The number of benzene rings is 2. The molecule has 0 aliphatic carbocycles. The van der Waals surface area contributed by atoms with Gasteiger partial charge >= 0.3 is 0 Å². The number of phenolic OH excluding ortho intramolecular Hbond substituents is 1. The molecule has 0 saturated heterocycles. The van der Waals surface area contributed by atoms with Crippen LogP contribution in [0.3, 0.4) is 0 Å². The maximum absolute atomic E-state index is 12.2. The molecular formula is C18H17NO5. The van der Waals surface area contributed by atoms with Crippen molar-refractivity contribution in [3.8, 4) is 23.0 Å². The van der Waals surface area contributed by atoms with Crippen molar-refractivity contribution in [2.75, 3.05) is 26.6 Å². The van der Waals surface area contributed by atoms with Crippen LogP contribution in [0, 0.1) is 0 Å². The van der Waals surface area contributed by atoms with Crippen molar-refractivity contribution in [1.29, 1.82) is 0 Å². The maximum Gasteiger partial charge on any atom is 0.256 e. The predicted octanol–water partition coefficient (Wildman–Crippen LogP) is 2.91. The Hall–Kier alpha value is -3.15. The van der Waals surface area contributed by atoms with E-state index in [0.29, 0.717) is 39.6 Å². The second-order valence-corrected chi connectivity index (χ2v) is 5.20. The molecule has 1 amide bonds. The summed E-state index contributed by atoms with van der Waals surface area (Å²) < 4.78 is 15.9. The average Bonchev–Trinajstić information content (AvgIpc) is 2.89. The number of rotatable bonds is 4. The number of methoxy groups -OCH3 is 3. The number of hydrogen-bond acceptors (Lipinski definition) is 5. The van der Waals surface area contributed by atoms with Gasteiger partial charge in [0.05, 0.1) is 21.3 Å². The van der Waals surface area contributed by atoms with Crippen LogP contribution in [0.4, 0.5) is 5.69 Å². The Morgan fingerprint density at radius 2 is 1.67 bits per heavy atom. The van der Waals surface area contributed by atoms with Crippen LogP contribution < -0.4 is 19.5 Å². The van der Waals surface area contributed by atoms with Crippen LogP contribution in [-0.2, 0) is 4.79 Å². The summed E-state index contributed by atoms with van der Waals surface area (Å²) in [4.78, 5) is 12.2. The fraction of sp³-hybridized carbons (Fsp3) is 0.167. The first kappa shape index (κ1) is 15.7. The van der Waals surface area contributed by atoms with Crippen molar-refractivity contribution in [3.05, 3.63) is 41.5 Å². The third kappa shape index (κ3) is 2.62. The van der Waals surface area contributed by atoms with Crippen LogP contribution in [0.1, 0.15) is 11.1 Å². The zero-order valence-electron chi connectivity index (χ0n) is 13.5. The van der Waals surface area contributed by atoms with Gasteiger partial charge in [0, 0.05) is 16.8 Å². The smallest absolute Gasteiger partial charge is 0.256 e. The monoisotopic (exact) mass is 327 g/mol. The van der Waals surface area contributed by atoms with Gasteiger partial charge in [-0.1, -0.05) is 0 Å². The molecule has 1 heterocycles. The van der Waals surface area contributed by atoms with Crippen molar-refractivity contribution >= 4 is 23.2 Å². The molecule has 0 atom stereocenters.